The number of carbonyl (C=O) groups excluding carboxylic acids is 2. The highest BCUT2D eigenvalue weighted by atomic mass is 79.9. The summed E-state index contributed by atoms with van der Waals surface area (Å²) < 4.78 is 1.10. The molecule has 2 N–H and O–H groups in total. The monoisotopic (exact) mass is 408 g/mol. The molecule has 0 fully saturated rings. The number of hydrogen-bond donors (Lipinski definition) is 2. The van der Waals surface area contributed by atoms with E-state index in [9.17, 15) is 9.59 Å². The molecule has 0 radical (unpaired) electrons. The second kappa shape index (κ2) is 8.99. The summed E-state index contributed by atoms with van der Waals surface area (Å²) in [5.74, 6) is -0.305. The van der Waals surface area contributed by atoms with Crippen molar-refractivity contribution in [1.29, 1.82) is 0 Å². The molecule has 2 aromatic rings. The summed E-state index contributed by atoms with van der Waals surface area (Å²) in [5.41, 5.74) is 2.95. The summed E-state index contributed by atoms with van der Waals surface area (Å²) in [7, 11) is 0. The van der Waals surface area contributed by atoms with Crippen LogP contribution in [0.2, 0.25) is 0 Å². The number of thiophene rings is 1. The molecule has 1 aromatic heterocycles. The van der Waals surface area contributed by atoms with Gasteiger partial charge in [0.05, 0.1) is 10.3 Å². The minimum atomic E-state index is -0.209. The van der Waals surface area contributed by atoms with Crippen LogP contribution in [0.25, 0.3) is 0 Å². The predicted molar refractivity (Wildman–Crippen MR) is 103 cm³/mol. The molecule has 0 spiro atoms. The van der Waals surface area contributed by atoms with Crippen LogP contribution in [-0.4, -0.2) is 18.4 Å². The van der Waals surface area contributed by atoms with Gasteiger partial charge in [-0.2, -0.15) is 0 Å². The largest absolute Gasteiger partial charge is 0.347 e. The van der Waals surface area contributed by atoms with Crippen molar-refractivity contribution in [2.75, 3.05) is 11.9 Å². The molecule has 4 nitrogen and oxygen atoms in total. The number of rotatable bonds is 7. The second-order valence-corrected chi connectivity index (χ2v) is 8.18. The van der Waals surface area contributed by atoms with Crippen LogP contribution in [0.5, 0.6) is 0 Å². The molecule has 1 heterocycles. The van der Waals surface area contributed by atoms with Gasteiger partial charge >= 0.3 is 0 Å². The van der Waals surface area contributed by atoms with Crippen molar-refractivity contribution in [3.63, 3.8) is 0 Å². The first-order chi connectivity index (χ1) is 11.5. The number of halogens is 1. The summed E-state index contributed by atoms with van der Waals surface area (Å²) in [6.07, 6.45) is 2.07. The van der Waals surface area contributed by atoms with Crippen LogP contribution in [0, 0.1) is 13.8 Å². The highest BCUT2D eigenvalue weighted by molar-refractivity contribution is 9.11. The molecule has 0 unspecified atom stereocenters. The topological polar surface area (TPSA) is 58.2 Å². The number of anilines is 1. The minimum absolute atomic E-state index is 0.00321. The van der Waals surface area contributed by atoms with Crippen LogP contribution < -0.4 is 10.6 Å². The average Bonchev–Trinajstić information content (AvgIpc) is 2.95. The third kappa shape index (κ3) is 5.76. The molecule has 0 saturated heterocycles. The van der Waals surface area contributed by atoms with E-state index in [1.807, 2.05) is 38.1 Å². The van der Waals surface area contributed by atoms with Gasteiger partial charge < -0.3 is 10.6 Å². The van der Waals surface area contributed by atoms with Crippen molar-refractivity contribution in [1.82, 2.24) is 5.32 Å². The lowest BCUT2D eigenvalue weighted by atomic mass is 10.1. The van der Waals surface area contributed by atoms with E-state index >= 15 is 0 Å². The number of amides is 2. The maximum Gasteiger partial charge on any atom is 0.243 e. The summed E-state index contributed by atoms with van der Waals surface area (Å²) in [4.78, 5) is 25.0. The van der Waals surface area contributed by atoms with E-state index in [2.05, 4.69) is 32.6 Å². The molecule has 2 amide bonds. The number of aryl methyl sites for hydroxylation is 2. The Morgan fingerprint density at radius 3 is 2.62 bits per heavy atom. The van der Waals surface area contributed by atoms with Crippen LogP contribution >= 0.6 is 27.3 Å². The Labute approximate surface area is 154 Å². The Morgan fingerprint density at radius 2 is 1.92 bits per heavy atom. The van der Waals surface area contributed by atoms with Crippen molar-refractivity contribution < 1.29 is 9.59 Å². The zero-order valence-electron chi connectivity index (χ0n) is 13.8. The van der Waals surface area contributed by atoms with Gasteiger partial charge in [0.25, 0.3) is 0 Å². The fourth-order valence-electron chi connectivity index (χ4n) is 2.26. The van der Waals surface area contributed by atoms with Crippen LogP contribution in [0.1, 0.15) is 28.8 Å². The van der Waals surface area contributed by atoms with E-state index in [4.69, 9.17) is 0 Å². The van der Waals surface area contributed by atoms with Gasteiger partial charge in [0.2, 0.25) is 11.8 Å². The molecule has 0 aliphatic rings. The average molecular weight is 409 g/mol. The molecule has 0 bridgehead atoms. The highest BCUT2D eigenvalue weighted by Crippen LogP contribution is 2.23. The molecule has 6 heteroatoms. The third-order valence-corrected chi connectivity index (χ3v) is 5.46. The first-order valence-electron chi connectivity index (χ1n) is 7.82. The van der Waals surface area contributed by atoms with Crippen molar-refractivity contribution in [2.45, 2.75) is 33.1 Å². The van der Waals surface area contributed by atoms with E-state index in [1.54, 1.807) is 11.3 Å². The molecular weight excluding hydrogens is 388 g/mol. The summed E-state index contributed by atoms with van der Waals surface area (Å²) in [6.45, 7) is 3.96. The Balaban J connectivity index is 1.69. The van der Waals surface area contributed by atoms with Crippen molar-refractivity contribution in [2.24, 2.45) is 0 Å². The Kier molecular flexibility index (Phi) is 6.99. The minimum Gasteiger partial charge on any atom is -0.347 e. The van der Waals surface area contributed by atoms with Gasteiger partial charge in [-0.1, -0.05) is 12.1 Å². The smallest absolute Gasteiger partial charge is 0.243 e. The lowest BCUT2D eigenvalue weighted by Crippen LogP contribution is -2.32. The predicted octanol–water partition coefficient (Wildman–Crippen LogP) is 4.21. The maximum absolute atomic E-state index is 11.9. The summed E-state index contributed by atoms with van der Waals surface area (Å²) in [6, 6.07) is 9.83. The third-order valence-electron chi connectivity index (χ3n) is 3.78. The van der Waals surface area contributed by atoms with Crippen molar-refractivity contribution in [3.05, 3.63) is 50.1 Å². The molecule has 0 atom stereocenters. The fourth-order valence-corrected chi connectivity index (χ4v) is 3.78. The molecule has 2 rings (SSSR count). The Bertz CT molecular complexity index is 728. The molecular formula is C18H21BrN2O2S. The zero-order valence-corrected chi connectivity index (χ0v) is 16.2. The lowest BCUT2D eigenvalue weighted by Gasteiger charge is -2.11. The summed E-state index contributed by atoms with van der Waals surface area (Å²) >= 11 is 5.11. The normalized spacial score (nSPS) is 10.5. The lowest BCUT2D eigenvalue weighted by molar-refractivity contribution is -0.124. The zero-order chi connectivity index (χ0) is 17.5. The van der Waals surface area contributed by atoms with Gasteiger partial charge in [-0.25, -0.2) is 0 Å². The molecule has 0 saturated carbocycles. The van der Waals surface area contributed by atoms with Gasteiger partial charge in [0.1, 0.15) is 0 Å². The molecule has 1 aromatic carbocycles. The van der Waals surface area contributed by atoms with Crippen molar-refractivity contribution in [3.8, 4) is 0 Å². The van der Waals surface area contributed by atoms with Crippen LogP contribution in [0.15, 0.2) is 34.1 Å². The van der Waals surface area contributed by atoms with E-state index in [0.29, 0.717) is 6.42 Å². The van der Waals surface area contributed by atoms with E-state index < -0.39 is 0 Å². The number of carbonyl (C=O) groups is 2. The fraction of sp³-hybridized carbons (Fsp3) is 0.333. The van der Waals surface area contributed by atoms with Gasteiger partial charge in [-0.15, -0.1) is 11.3 Å². The number of benzene rings is 1. The molecule has 128 valence electrons. The first kappa shape index (κ1) is 18.7. The van der Waals surface area contributed by atoms with Gasteiger partial charge in [0, 0.05) is 17.0 Å². The SMILES string of the molecule is Cc1cccc(NC(=O)CNC(=O)CCCc2ccc(Br)s2)c1C. The number of hydrogen-bond acceptors (Lipinski definition) is 3. The van der Waals surface area contributed by atoms with Gasteiger partial charge in [0.15, 0.2) is 0 Å². The maximum atomic E-state index is 11.9. The standard InChI is InChI=1S/C18H21BrN2O2S/c1-12-5-3-7-15(13(12)2)21-18(23)11-20-17(22)8-4-6-14-9-10-16(19)24-14/h3,5,7,9-10H,4,6,8,11H2,1-2H3,(H,20,22)(H,21,23). The highest BCUT2D eigenvalue weighted by Gasteiger charge is 2.08. The molecule has 0 aliphatic carbocycles. The van der Waals surface area contributed by atoms with Crippen LogP contribution in [0.3, 0.4) is 0 Å². The molecule has 24 heavy (non-hydrogen) atoms. The van der Waals surface area contributed by atoms with Crippen LogP contribution in [-0.2, 0) is 16.0 Å². The number of nitrogens with one attached hydrogen (secondary N) is 2. The second-order valence-electron chi connectivity index (χ2n) is 5.63. The van der Waals surface area contributed by atoms with Crippen molar-refractivity contribution >= 4 is 44.8 Å². The molecule has 0 aliphatic heterocycles. The van der Waals surface area contributed by atoms with E-state index in [-0.39, 0.29) is 18.4 Å². The Hall–Kier alpha value is -1.66. The van der Waals surface area contributed by atoms with E-state index in [1.165, 1.54) is 4.88 Å². The quantitative estimate of drug-likeness (QED) is 0.720. The Morgan fingerprint density at radius 1 is 1.12 bits per heavy atom. The van der Waals surface area contributed by atoms with Gasteiger partial charge in [-0.05, 0) is 71.9 Å². The first-order valence-corrected chi connectivity index (χ1v) is 9.43. The summed E-state index contributed by atoms with van der Waals surface area (Å²) in [5, 5.41) is 5.51. The van der Waals surface area contributed by atoms with E-state index in [0.717, 1.165) is 33.4 Å². The van der Waals surface area contributed by atoms with Gasteiger partial charge in [-0.3, -0.25) is 9.59 Å². The van der Waals surface area contributed by atoms with Crippen LogP contribution in [0.4, 0.5) is 5.69 Å².